The van der Waals surface area contributed by atoms with Gasteiger partial charge in [-0.05, 0) is 69.7 Å². The van der Waals surface area contributed by atoms with Crippen LogP contribution in [0.4, 0.5) is 4.79 Å². The summed E-state index contributed by atoms with van der Waals surface area (Å²) in [6.45, 7) is 10.9. The molecular weight excluding hydrogens is 422 g/mol. The number of thiophene rings is 1. The second-order valence-electron chi connectivity index (χ2n) is 9.34. The maximum atomic E-state index is 13.5. The van der Waals surface area contributed by atoms with Crippen molar-refractivity contribution in [3.05, 3.63) is 52.2 Å². The summed E-state index contributed by atoms with van der Waals surface area (Å²) in [7, 11) is 0. The molecule has 1 aliphatic rings. The standard InChI is InChI=1S/C25H35N3O3S/c1-6-18(2)28(24(30)26-25(3,4)5)16-23(29)27-14-12-22-20(13-15-32-22)21(27)17-31-19-10-8-7-9-11-19/h7-11,13,15,18,21H,6,12,14,16-17H2,1-5H3,(H,26,30)/t18-,21+/m1/s1. The Kier molecular flexibility index (Phi) is 7.82. The number of hydrogen-bond acceptors (Lipinski definition) is 4. The van der Waals surface area contributed by atoms with Crippen molar-refractivity contribution in [3.63, 3.8) is 0 Å². The third-order valence-electron chi connectivity index (χ3n) is 5.74. The molecule has 6 nitrogen and oxygen atoms in total. The topological polar surface area (TPSA) is 61.9 Å². The molecule has 1 aliphatic heterocycles. The fraction of sp³-hybridized carbons (Fsp3) is 0.520. The van der Waals surface area contributed by atoms with Gasteiger partial charge in [-0.2, -0.15) is 0 Å². The zero-order chi connectivity index (χ0) is 23.3. The molecule has 1 N–H and O–H groups in total. The zero-order valence-corrected chi connectivity index (χ0v) is 20.6. The number of ether oxygens (including phenoxy) is 1. The van der Waals surface area contributed by atoms with Crippen LogP contribution in [0.3, 0.4) is 0 Å². The van der Waals surface area contributed by atoms with E-state index in [-0.39, 0.29) is 36.1 Å². The summed E-state index contributed by atoms with van der Waals surface area (Å²) in [5.74, 6) is 0.737. The van der Waals surface area contributed by atoms with Gasteiger partial charge in [0, 0.05) is 23.0 Å². The first-order valence-corrected chi connectivity index (χ1v) is 12.2. The van der Waals surface area contributed by atoms with E-state index in [0.29, 0.717) is 13.2 Å². The highest BCUT2D eigenvalue weighted by Gasteiger charge is 2.34. The Morgan fingerprint density at radius 1 is 1.25 bits per heavy atom. The average molecular weight is 458 g/mol. The molecule has 0 spiro atoms. The Morgan fingerprint density at radius 3 is 2.62 bits per heavy atom. The average Bonchev–Trinajstić information content (AvgIpc) is 3.23. The fourth-order valence-electron chi connectivity index (χ4n) is 3.84. The van der Waals surface area contributed by atoms with Gasteiger partial charge in [-0.15, -0.1) is 11.3 Å². The molecule has 2 aromatic rings. The summed E-state index contributed by atoms with van der Waals surface area (Å²) >= 11 is 1.73. The smallest absolute Gasteiger partial charge is 0.318 e. The van der Waals surface area contributed by atoms with Gasteiger partial charge in [0.25, 0.3) is 0 Å². The lowest BCUT2D eigenvalue weighted by molar-refractivity contribution is -0.136. The maximum absolute atomic E-state index is 13.5. The Morgan fingerprint density at radius 2 is 1.97 bits per heavy atom. The highest BCUT2D eigenvalue weighted by molar-refractivity contribution is 7.10. The molecule has 174 valence electrons. The van der Waals surface area contributed by atoms with Gasteiger partial charge in [0.05, 0.1) is 6.04 Å². The zero-order valence-electron chi connectivity index (χ0n) is 19.8. The second kappa shape index (κ2) is 10.4. The van der Waals surface area contributed by atoms with Gasteiger partial charge >= 0.3 is 6.03 Å². The molecule has 2 atom stereocenters. The first kappa shape index (κ1) is 24.1. The first-order chi connectivity index (χ1) is 15.2. The lowest BCUT2D eigenvalue weighted by atomic mass is 10.00. The lowest BCUT2D eigenvalue weighted by Crippen LogP contribution is -2.55. The third kappa shape index (κ3) is 6.03. The molecule has 0 radical (unpaired) electrons. The van der Waals surface area contributed by atoms with E-state index in [1.54, 1.807) is 16.2 Å². The van der Waals surface area contributed by atoms with Crippen LogP contribution < -0.4 is 10.1 Å². The van der Waals surface area contributed by atoms with Crippen molar-refractivity contribution in [1.29, 1.82) is 0 Å². The molecule has 3 amide bonds. The molecule has 2 heterocycles. The summed E-state index contributed by atoms with van der Waals surface area (Å²) in [6.07, 6.45) is 1.61. The number of nitrogens with zero attached hydrogens (tertiary/aromatic N) is 2. The van der Waals surface area contributed by atoms with E-state index in [0.717, 1.165) is 24.2 Å². The van der Waals surface area contributed by atoms with Crippen LogP contribution in [-0.2, 0) is 11.2 Å². The fourth-order valence-corrected chi connectivity index (χ4v) is 4.77. The van der Waals surface area contributed by atoms with Crippen LogP contribution in [0.1, 0.15) is 57.5 Å². The van der Waals surface area contributed by atoms with E-state index in [9.17, 15) is 9.59 Å². The molecule has 1 aromatic heterocycles. The largest absolute Gasteiger partial charge is 0.491 e. The van der Waals surface area contributed by atoms with Gasteiger partial charge in [0.2, 0.25) is 5.91 Å². The number of carbonyl (C=O) groups is 2. The van der Waals surface area contributed by atoms with E-state index < -0.39 is 0 Å². The molecule has 7 heteroatoms. The molecule has 32 heavy (non-hydrogen) atoms. The Balaban J connectivity index is 1.78. The lowest BCUT2D eigenvalue weighted by Gasteiger charge is -2.38. The summed E-state index contributed by atoms with van der Waals surface area (Å²) in [5, 5.41) is 5.09. The normalized spacial score (nSPS) is 16.8. The molecule has 0 saturated heterocycles. The van der Waals surface area contributed by atoms with Gasteiger partial charge < -0.3 is 19.9 Å². The number of carbonyl (C=O) groups excluding carboxylic acids is 2. The monoisotopic (exact) mass is 457 g/mol. The minimum atomic E-state index is -0.366. The molecule has 3 rings (SSSR count). The minimum Gasteiger partial charge on any atom is -0.491 e. The van der Waals surface area contributed by atoms with Gasteiger partial charge in [-0.25, -0.2) is 4.79 Å². The van der Waals surface area contributed by atoms with Crippen LogP contribution in [0.15, 0.2) is 41.8 Å². The summed E-state index contributed by atoms with van der Waals surface area (Å²) < 4.78 is 6.06. The van der Waals surface area contributed by atoms with Crippen LogP contribution in [0.25, 0.3) is 0 Å². The molecule has 0 saturated carbocycles. The predicted octanol–water partition coefficient (Wildman–Crippen LogP) is 4.86. The van der Waals surface area contributed by atoms with Crippen molar-refractivity contribution >= 4 is 23.3 Å². The van der Waals surface area contributed by atoms with Crippen LogP contribution in [0.5, 0.6) is 5.75 Å². The summed E-state index contributed by atoms with van der Waals surface area (Å²) in [5.41, 5.74) is 0.786. The summed E-state index contributed by atoms with van der Waals surface area (Å²) in [6, 6.07) is 11.4. The number of para-hydroxylation sites is 1. The first-order valence-electron chi connectivity index (χ1n) is 11.3. The van der Waals surface area contributed by atoms with Crippen molar-refractivity contribution < 1.29 is 14.3 Å². The number of benzene rings is 1. The maximum Gasteiger partial charge on any atom is 0.318 e. The Bertz CT molecular complexity index is 907. The van der Waals surface area contributed by atoms with Crippen molar-refractivity contribution in [3.8, 4) is 5.75 Å². The second-order valence-corrected chi connectivity index (χ2v) is 10.3. The minimum absolute atomic E-state index is 0.0400. The SMILES string of the molecule is CC[C@@H](C)N(CC(=O)N1CCc2sccc2[C@@H]1COc1ccccc1)C(=O)NC(C)(C)C. The van der Waals surface area contributed by atoms with Crippen LogP contribution in [-0.4, -0.2) is 53.0 Å². The highest BCUT2D eigenvalue weighted by Crippen LogP contribution is 2.34. The van der Waals surface area contributed by atoms with Crippen molar-refractivity contribution in [2.24, 2.45) is 0 Å². The van der Waals surface area contributed by atoms with E-state index in [2.05, 4.69) is 16.8 Å². The Labute approximate surface area is 195 Å². The van der Waals surface area contributed by atoms with Gasteiger partial charge in [-0.3, -0.25) is 4.79 Å². The number of nitrogens with one attached hydrogen (secondary N) is 1. The molecule has 0 aliphatic carbocycles. The Hall–Kier alpha value is -2.54. The number of amides is 3. The molecule has 0 unspecified atom stereocenters. The van der Waals surface area contributed by atoms with Gasteiger partial charge in [0.1, 0.15) is 18.9 Å². The number of rotatable bonds is 7. The van der Waals surface area contributed by atoms with Crippen molar-refractivity contribution in [1.82, 2.24) is 15.1 Å². The highest BCUT2D eigenvalue weighted by atomic mass is 32.1. The van der Waals surface area contributed by atoms with Crippen molar-refractivity contribution in [2.75, 3.05) is 19.7 Å². The molecular formula is C25H35N3O3S. The molecule has 0 bridgehead atoms. The van der Waals surface area contributed by atoms with E-state index in [1.165, 1.54) is 4.88 Å². The van der Waals surface area contributed by atoms with E-state index in [1.807, 2.05) is 69.9 Å². The number of hydrogen-bond donors (Lipinski definition) is 1. The van der Waals surface area contributed by atoms with Crippen LogP contribution in [0.2, 0.25) is 0 Å². The van der Waals surface area contributed by atoms with Crippen LogP contribution >= 0.6 is 11.3 Å². The van der Waals surface area contributed by atoms with E-state index >= 15 is 0 Å². The van der Waals surface area contributed by atoms with E-state index in [4.69, 9.17) is 4.74 Å². The molecule has 0 fully saturated rings. The van der Waals surface area contributed by atoms with Gasteiger partial charge in [-0.1, -0.05) is 25.1 Å². The van der Waals surface area contributed by atoms with Crippen molar-refractivity contribution in [2.45, 2.75) is 65.1 Å². The predicted molar refractivity (Wildman–Crippen MR) is 129 cm³/mol. The van der Waals surface area contributed by atoms with Gasteiger partial charge in [0.15, 0.2) is 0 Å². The number of urea groups is 1. The third-order valence-corrected chi connectivity index (χ3v) is 6.73. The quantitative estimate of drug-likeness (QED) is 0.646. The molecule has 1 aromatic carbocycles. The number of fused-ring (bicyclic) bond motifs is 1. The summed E-state index contributed by atoms with van der Waals surface area (Å²) in [4.78, 5) is 31.3. The van der Waals surface area contributed by atoms with Crippen LogP contribution in [0, 0.1) is 0 Å².